The molecule has 9 nitrogen and oxygen atoms in total. The number of amides is 1. The summed E-state index contributed by atoms with van der Waals surface area (Å²) in [7, 11) is 0. The summed E-state index contributed by atoms with van der Waals surface area (Å²) in [6.07, 6.45) is 7.97. The minimum absolute atomic E-state index is 0.0495. The van der Waals surface area contributed by atoms with Crippen molar-refractivity contribution in [3.63, 3.8) is 0 Å². The van der Waals surface area contributed by atoms with Gasteiger partial charge in [0.05, 0.1) is 30.0 Å². The van der Waals surface area contributed by atoms with Crippen molar-refractivity contribution in [3.05, 3.63) is 54.2 Å². The van der Waals surface area contributed by atoms with Crippen molar-refractivity contribution in [1.82, 2.24) is 34.8 Å². The van der Waals surface area contributed by atoms with Gasteiger partial charge in [0.2, 0.25) is 0 Å². The highest BCUT2D eigenvalue weighted by atomic mass is 32.2. The molecule has 6 rings (SSSR count). The normalized spacial score (nSPS) is 22.1. The fourth-order valence-corrected chi connectivity index (χ4v) is 5.55. The van der Waals surface area contributed by atoms with Crippen LogP contribution in [-0.2, 0) is 0 Å². The monoisotopic (exact) mass is 433 g/mol. The zero-order valence-corrected chi connectivity index (χ0v) is 17.7. The molecule has 10 heteroatoms. The third kappa shape index (κ3) is 3.27. The Kier molecular flexibility index (Phi) is 4.27. The summed E-state index contributed by atoms with van der Waals surface area (Å²) in [4.78, 5) is 32.3. The Morgan fingerprint density at radius 1 is 1.32 bits per heavy atom. The van der Waals surface area contributed by atoms with Crippen molar-refractivity contribution in [2.45, 2.75) is 24.5 Å². The van der Waals surface area contributed by atoms with Crippen LogP contribution in [0.4, 0.5) is 0 Å². The number of aromatic amines is 2. The first-order valence-corrected chi connectivity index (χ1v) is 11.3. The number of fused-ring (bicyclic) bond motifs is 2. The van der Waals surface area contributed by atoms with Crippen LogP contribution in [0.5, 0.6) is 0 Å². The zero-order valence-electron chi connectivity index (χ0n) is 16.9. The number of imidazole rings is 1. The lowest BCUT2D eigenvalue weighted by Crippen LogP contribution is -2.40. The standard InChI is InChI=1S/C21H20N8OS/c1-12-2-3-17(29-25-4-5-26-29)15(6-12)20(30)28-9-13-7-14(13)18(28)10-31-21-22-8-16-19(27-21)24-11-23-16/h2-6,8,11,13-14,18H,7,9-10H2,1H3,(H,22,23,24,27)/p+1/t13-,14-,18-/m1/s1. The summed E-state index contributed by atoms with van der Waals surface area (Å²) in [6, 6.07) is 6.03. The average Bonchev–Trinajstić information content (AvgIpc) is 3.19. The van der Waals surface area contributed by atoms with Crippen molar-refractivity contribution in [2.24, 2.45) is 11.8 Å². The molecular formula is C21H21N8OS+. The number of carbonyl (C=O) groups excluding carboxylic acids is 1. The maximum atomic E-state index is 13.7. The molecule has 0 radical (unpaired) electrons. The molecule has 1 aliphatic heterocycles. The van der Waals surface area contributed by atoms with E-state index in [1.54, 1.807) is 30.5 Å². The second kappa shape index (κ2) is 7.16. The number of H-pyrrole nitrogens is 2. The van der Waals surface area contributed by atoms with Crippen molar-refractivity contribution < 1.29 is 9.78 Å². The summed E-state index contributed by atoms with van der Waals surface area (Å²) in [6.45, 7) is 2.81. The Morgan fingerprint density at radius 2 is 2.19 bits per heavy atom. The van der Waals surface area contributed by atoms with E-state index in [1.165, 1.54) is 11.2 Å². The van der Waals surface area contributed by atoms with Gasteiger partial charge in [0.15, 0.2) is 5.52 Å². The first-order chi connectivity index (χ1) is 15.2. The van der Waals surface area contributed by atoms with Gasteiger partial charge in [-0.25, -0.2) is 4.98 Å². The highest BCUT2D eigenvalue weighted by molar-refractivity contribution is 7.99. The molecule has 3 atom stereocenters. The number of thioether (sulfide) groups is 1. The number of rotatable bonds is 5. The average molecular weight is 434 g/mol. The van der Waals surface area contributed by atoms with Crippen molar-refractivity contribution in [1.29, 1.82) is 0 Å². The van der Waals surface area contributed by atoms with E-state index in [1.807, 2.05) is 36.2 Å². The summed E-state index contributed by atoms with van der Waals surface area (Å²) in [5.41, 5.74) is 3.98. The fourth-order valence-electron chi connectivity index (χ4n) is 4.50. The Balaban J connectivity index is 1.26. The van der Waals surface area contributed by atoms with E-state index in [4.69, 9.17) is 0 Å². The van der Waals surface area contributed by atoms with Crippen LogP contribution >= 0.6 is 11.8 Å². The van der Waals surface area contributed by atoms with Crippen LogP contribution in [0.15, 0.2) is 48.3 Å². The van der Waals surface area contributed by atoms with Crippen LogP contribution < -0.4 is 4.98 Å². The first-order valence-electron chi connectivity index (χ1n) is 10.3. The molecule has 3 aromatic heterocycles. The highest BCUT2D eigenvalue weighted by Gasteiger charge is 2.54. The van der Waals surface area contributed by atoms with Crippen LogP contribution in [0.2, 0.25) is 0 Å². The smallest absolute Gasteiger partial charge is 0.338 e. The summed E-state index contributed by atoms with van der Waals surface area (Å²) < 4.78 is 0. The van der Waals surface area contributed by atoms with E-state index in [-0.39, 0.29) is 11.9 Å². The molecule has 0 unspecified atom stereocenters. The van der Waals surface area contributed by atoms with Crippen LogP contribution in [0.1, 0.15) is 22.3 Å². The zero-order chi connectivity index (χ0) is 20.9. The van der Waals surface area contributed by atoms with Crippen molar-refractivity contribution in [3.8, 4) is 5.69 Å². The number of likely N-dealkylation sites (tertiary alicyclic amines) is 1. The molecule has 4 heterocycles. The SMILES string of the molecule is Cc1ccc(-n2nccn2)c(C(=O)N2C[C@H]3C[C@H]3[C@H]2CSc2nc3nc[nH]c3c[nH+]2)c1. The van der Waals surface area contributed by atoms with Gasteiger partial charge in [-0.1, -0.05) is 11.6 Å². The lowest BCUT2D eigenvalue weighted by atomic mass is 10.1. The Bertz CT molecular complexity index is 1270. The van der Waals surface area contributed by atoms with Gasteiger partial charge in [0, 0.05) is 18.3 Å². The van der Waals surface area contributed by atoms with Gasteiger partial charge in [-0.15, -0.1) is 0 Å². The molecule has 2 N–H and O–H groups in total. The van der Waals surface area contributed by atoms with E-state index in [0.717, 1.165) is 28.5 Å². The van der Waals surface area contributed by atoms with Gasteiger partial charge >= 0.3 is 5.16 Å². The van der Waals surface area contributed by atoms with E-state index in [0.29, 0.717) is 28.7 Å². The Hall–Kier alpha value is -3.27. The maximum absolute atomic E-state index is 13.7. The molecule has 31 heavy (non-hydrogen) atoms. The summed E-state index contributed by atoms with van der Waals surface area (Å²) in [5.74, 6) is 2.03. The number of aromatic nitrogens is 7. The number of hydrogen-bond donors (Lipinski definition) is 1. The number of carbonyl (C=O) groups is 1. The molecule has 2 aliphatic rings. The van der Waals surface area contributed by atoms with E-state index >= 15 is 0 Å². The van der Waals surface area contributed by atoms with Gasteiger partial charge in [0.25, 0.3) is 11.6 Å². The van der Waals surface area contributed by atoms with Crippen molar-refractivity contribution >= 4 is 28.8 Å². The van der Waals surface area contributed by atoms with Gasteiger partial charge in [-0.3, -0.25) is 4.79 Å². The van der Waals surface area contributed by atoms with Crippen LogP contribution in [0, 0.1) is 18.8 Å². The summed E-state index contributed by atoms with van der Waals surface area (Å²) in [5, 5.41) is 9.28. The number of nitrogens with one attached hydrogen (secondary N) is 2. The number of piperidine rings is 1. The van der Waals surface area contributed by atoms with E-state index in [9.17, 15) is 4.79 Å². The maximum Gasteiger partial charge on any atom is 0.359 e. The fraction of sp³-hybridized carbons (Fsp3) is 0.333. The predicted molar refractivity (Wildman–Crippen MR) is 114 cm³/mol. The quantitative estimate of drug-likeness (QED) is 0.381. The predicted octanol–water partition coefficient (Wildman–Crippen LogP) is 1.91. The largest absolute Gasteiger partial charge is 0.359 e. The number of aryl methyl sites for hydroxylation is 1. The lowest BCUT2D eigenvalue weighted by molar-refractivity contribution is -0.431. The van der Waals surface area contributed by atoms with Gasteiger partial charge in [-0.2, -0.15) is 20.0 Å². The molecule has 0 bridgehead atoms. The molecule has 4 aromatic rings. The molecule has 1 amide bonds. The third-order valence-corrected chi connectivity index (χ3v) is 7.16. The molecule has 1 saturated heterocycles. The first kappa shape index (κ1) is 18.5. The van der Waals surface area contributed by atoms with Crippen LogP contribution in [-0.4, -0.2) is 59.1 Å². The van der Waals surface area contributed by atoms with Gasteiger partial charge in [-0.05, 0) is 54.1 Å². The van der Waals surface area contributed by atoms with E-state index < -0.39 is 0 Å². The van der Waals surface area contributed by atoms with Crippen LogP contribution in [0.3, 0.4) is 0 Å². The van der Waals surface area contributed by atoms with Gasteiger partial charge in [0.1, 0.15) is 6.20 Å². The number of benzene rings is 1. The second-order valence-electron chi connectivity index (χ2n) is 8.18. The Labute approximate surface area is 182 Å². The minimum Gasteiger partial charge on any atom is -0.338 e. The lowest BCUT2D eigenvalue weighted by Gasteiger charge is -2.27. The Morgan fingerprint density at radius 3 is 3.06 bits per heavy atom. The molecular weight excluding hydrogens is 412 g/mol. The minimum atomic E-state index is 0.0495. The van der Waals surface area contributed by atoms with Crippen molar-refractivity contribution in [2.75, 3.05) is 12.3 Å². The molecule has 1 aromatic carbocycles. The number of hydrogen-bond acceptors (Lipinski definition) is 6. The molecule has 156 valence electrons. The second-order valence-corrected chi connectivity index (χ2v) is 9.19. The molecule has 1 aliphatic carbocycles. The third-order valence-electron chi connectivity index (χ3n) is 6.17. The molecule has 2 fully saturated rings. The molecule has 0 spiro atoms. The number of nitrogens with zero attached hydrogens (tertiary/aromatic N) is 6. The highest BCUT2D eigenvalue weighted by Crippen LogP contribution is 2.51. The topological polar surface area (TPSA) is 107 Å². The van der Waals surface area contributed by atoms with Crippen LogP contribution in [0.25, 0.3) is 16.9 Å². The molecule has 1 saturated carbocycles. The van der Waals surface area contributed by atoms with E-state index in [2.05, 4.69) is 30.1 Å². The summed E-state index contributed by atoms with van der Waals surface area (Å²) >= 11 is 1.64. The van der Waals surface area contributed by atoms with Gasteiger partial charge < -0.3 is 9.88 Å².